The zero-order valence-electron chi connectivity index (χ0n) is 10.0. The number of rotatable bonds is 8. The number of nitrogens with zero attached hydrogens (tertiary/aromatic N) is 1. The third kappa shape index (κ3) is 5.23. The van der Waals surface area contributed by atoms with Crippen LogP contribution in [0.2, 0.25) is 5.54 Å². The molecule has 0 aromatic carbocycles. The second-order valence-electron chi connectivity index (χ2n) is 3.33. The highest BCUT2D eigenvalue weighted by Gasteiger charge is 2.28. The molecule has 0 heterocycles. The molecular formula is C10H21NO3Si. The summed E-state index contributed by atoms with van der Waals surface area (Å²) >= 11 is 0. The van der Waals surface area contributed by atoms with Gasteiger partial charge in [-0.05, 0) is 20.3 Å². The van der Waals surface area contributed by atoms with Crippen LogP contribution < -0.4 is 0 Å². The van der Waals surface area contributed by atoms with Crippen molar-refractivity contribution >= 4 is 15.4 Å². The smallest absolute Gasteiger partial charge is 0.326 e. The molecule has 0 aromatic rings. The molecule has 0 aliphatic heterocycles. The molecular weight excluding hydrogens is 210 g/mol. The Labute approximate surface area is 93.5 Å². The van der Waals surface area contributed by atoms with E-state index in [9.17, 15) is 4.79 Å². The average Bonchev–Trinajstić information content (AvgIpc) is 2.24. The second kappa shape index (κ2) is 8.80. The molecule has 0 saturated carbocycles. The van der Waals surface area contributed by atoms with Crippen molar-refractivity contribution in [1.82, 2.24) is 0 Å². The summed E-state index contributed by atoms with van der Waals surface area (Å²) in [5.41, 5.74) is 0.205. The lowest BCUT2D eigenvalue weighted by atomic mass is 10.2. The Morgan fingerprint density at radius 1 is 1.27 bits per heavy atom. The first kappa shape index (κ1) is 14.5. The van der Waals surface area contributed by atoms with E-state index in [0.29, 0.717) is 13.2 Å². The van der Waals surface area contributed by atoms with Crippen molar-refractivity contribution in [3.63, 3.8) is 0 Å². The summed E-state index contributed by atoms with van der Waals surface area (Å²) in [6, 6.07) is -0.0164. The lowest BCUT2D eigenvalue weighted by Crippen LogP contribution is -2.33. The van der Waals surface area contributed by atoms with Gasteiger partial charge in [0.05, 0.1) is 6.04 Å². The van der Waals surface area contributed by atoms with E-state index in [1.54, 1.807) is 6.08 Å². The van der Waals surface area contributed by atoms with E-state index >= 15 is 0 Å². The van der Waals surface area contributed by atoms with E-state index in [2.05, 4.69) is 4.99 Å². The van der Waals surface area contributed by atoms with E-state index < -0.39 is 9.28 Å². The summed E-state index contributed by atoms with van der Waals surface area (Å²) in [7, 11) is -1.71. The maximum absolute atomic E-state index is 10.3. The molecule has 88 valence electrons. The highest BCUT2D eigenvalue weighted by atomic mass is 28.3. The molecule has 5 heteroatoms. The summed E-state index contributed by atoms with van der Waals surface area (Å²) in [5.74, 6) is 0. The number of hydrogen-bond donors (Lipinski definition) is 0. The molecule has 2 atom stereocenters. The highest BCUT2D eigenvalue weighted by molar-refractivity contribution is 6.46. The van der Waals surface area contributed by atoms with Crippen LogP contribution in [0.1, 0.15) is 34.1 Å². The average molecular weight is 231 g/mol. The van der Waals surface area contributed by atoms with E-state index in [-0.39, 0.29) is 11.6 Å². The van der Waals surface area contributed by atoms with Gasteiger partial charge in [0.1, 0.15) is 0 Å². The first-order valence-corrected chi connectivity index (χ1v) is 7.12. The molecule has 4 nitrogen and oxygen atoms in total. The summed E-state index contributed by atoms with van der Waals surface area (Å²) < 4.78 is 11.2. The van der Waals surface area contributed by atoms with Crippen molar-refractivity contribution in [3.05, 3.63) is 0 Å². The number of aliphatic imine (C=N–C) groups is 1. The lowest BCUT2D eigenvalue weighted by molar-refractivity contribution is 0.201. The highest BCUT2D eigenvalue weighted by Crippen LogP contribution is 2.21. The van der Waals surface area contributed by atoms with Crippen molar-refractivity contribution in [2.45, 2.75) is 45.7 Å². The van der Waals surface area contributed by atoms with Crippen LogP contribution in [0.4, 0.5) is 0 Å². The largest absolute Gasteiger partial charge is 0.397 e. The van der Waals surface area contributed by atoms with Gasteiger partial charge in [-0.25, -0.2) is 9.79 Å². The Balaban J connectivity index is 4.42. The summed E-state index contributed by atoms with van der Waals surface area (Å²) in [4.78, 5) is 14.1. The van der Waals surface area contributed by atoms with Gasteiger partial charge < -0.3 is 8.85 Å². The standard InChI is InChI=1S/C10H21NO3Si/c1-5-10(11-8-12)9(4)15(13-6-2)14-7-3/h9-10,15H,5-7H2,1-4H3. The molecule has 2 unspecified atom stereocenters. The Kier molecular flexibility index (Phi) is 8.51. The van der Waals surface area contributed by atoms with Gasteiger partial charge >= 0.3 is 9.28 Å². The molecule has 0 N–H and O–H groups in total. The molecule has 0 aliphatic rings. The SMILES string of the molecule is CCO[SiH](OCC)C(C)C(CC)N=C=O. The fourth-order valence-electron chi connectivity index (χ4n) is 1.51. The monoisotopic (exact) mass is 231 g/mol. The number of isocyanates is 1. The quantitative estimate of drug-likeness (QED) is 0.363. The van der Waals surface area contributed by atoms with Gasteiger partial charge in [0.15, 0.2) is 0 Å². The zero-order chi connectivity index (χ0) is 11.7. The third-order valence-electron chi connectivity index (χ3n) is 2.33. The van der Waals surface area contributed by atoms with Gasteiger partial charge in [0.2, 0.25) is 6.08 Å². The van der Waals surface area contributed by atoms with Gasteiger partial charge in [0.25, 0.3) is 0 Å². The normalized spacial score (nSPS) is 14.7. The van der Waals surface area contributed by atoms with Gasteiger partial charge in [-0.1, -0.05) is 13.8 Å². The van der Waals surface area contributed by atoms with Crippen LogP contribution in [0, 0.1) is 0 Å². The van der Waals surface area contributed by atoms with E-state index in [1.165, 1.54) is 0 Å². The van der Waals surface area contributed by atoms with Crippen molar-refractivity contribution in [1.29, 1.82) is 0 Å². The third-order valence-corrected chi connectivity index (χ3v) is 4.96. The van der Waals surface area contributed by atoms with Crippen LogP contribution in [0.5, 0.6) is 0 Å². The van der Waals surface area contributed by atoms with Gasteiger partial charge in [0, 0.05) is 18.8 Å². The minimum atomic E-state index is -1.71. The summed E-state index contributed by atoms with van der Waals surface area (Å²) in [6.45, 7) is 9.26. The lowest BCUT2D eigenvalue weighted by Gasteiger charge is -2.24. The summed E-state index contributed by atoms with van der Waals surface area (Å²) in [5, 5.41) is 0. The van der Waals surface area contributed by atoms with Gasteiger partial charge in [-0.2, -0.15) is 0 Å². The van der Waals surface area contributed by atoms with E-state index in [4.69, 9.17) is 8.85 Å². The minimum absolute atomic E-state index is 0.0164. The van der Waals surface area contributed by atoms with Crippen LogP contribution in [0.25, 0.3) is 0 Å². The Hall–Kier alpha value is -0.483. The predicted molar refractivity (Wildman–Crippen MR) is 62.0 cm³/mol. The molecule has 0 radical (unpaired) electrons. The molecule has 0 bridgehead atoms. The fraction of sp³-hybridized carbons (Fsp3) is 0.900. The van der Waals surface area contributed by atoms with E-state index in [0.717, 1.165) is 6.42 Å². The minimum Gasteiger partial charge on any atom is -0.397 e. The van der Waals surface area contributed by atoms with Crippen molar-refractivity contribution in [3.8, 4) is 0 Å². The molecule has 0 rings (SSSR count). The first-order chi connectivity index (χ1) is 7.21. The zero-order valence-corrected chi connectivity index (χ0v) is 11.2. The van der Waals surface area contributed by atoms with Crippen LogP contribution >= 0.6 is 0 Å². The van der Waals surface area contributed by atoms with Crippen LogP contribution in [0.3, 0.4) is 0 Å². The molecule has 0 aromatic heterocycles. The number of carbonyl (C=O) groups excluding carboxylic acids is 1. The molecule has 0 spiro atoms. The van der Waals surface area contributed by atoms with Crippen molar-refractivity contribution in [2.75, 3.05) is 13.2 Å². The van der Waals surface area contributed by atoms with E-state index in [1.807, 2.05) is 27.7 Å². The molecule has 0 amide bonds. The van der Waals surface area contributed by atoms with Gasteiger partial charge in [-0.15, -0.1) is 0 Å². The molecule has 0 fully saturated rings. The maximum Gasteiger partial charge on any atom is 0.326 e. The Morgan fingerprint density at radius 2 is 1.80 bits per heavy atom. The second-order valence-corrected chi connectivity index (χ2v) is 5.79. The van der Waals surface area contributed by atoms with Crippen LogP contribution in [0.15, 0.2) is 4.99 Å². The molecule has 0 saturated heterocycles. The van der Waals surface area contributed by atoms with Crippen LogP contribution in [-0.2, 0) is 13.6 Å². The topological polar surface area (TPSA) is 47.9 Å². The predicted octanol–water partition coefficient (Wildman–Crippen LogP) is 1.78. The van der Waals surface area contributed by atoms with Gasteiger partial charge in [-0.3, -0.25) is 0 Å². The Bertz CT molecular complexity index is 201. The van der Waals surface area contributed by atoms with Crippen molar-refractivity contribution < 1.29 is 13.6 Å². The first-order valence-electron chi connectivity index (χ1n) is 5.51. The fourth-order valence-corrected chi connectivity index (χ4v) is 3.59. The summed E-state index contributed by atoms with van der Waals surface area (Å²) in [6.07, 6.45) is 2.44. The van der Waals surface area contributed by atoms with Crippen molar-refractivity contribution in [2.24, 2.45) is 4.99 Å². The maximum atomic E-state index is 10.3. The molecule has 0 aliphatic carbocycles. The Morgan fingerprint density at radius 3 is 2.13 bits per heavy atom. The molecule has 15 heavy (non-hydrogen) atoms. The van der Waals surface area contributed by atoms with Crippen LogP contribution in [-0.4, -0.2) is 34.6 Å². The number of hydrogen-bond acceptors (Lipinski definition) is 4.